The highest BCUT2D eigenvalue weighted by Gasteiger charge is 2.29. The summed E-state index contributed by atoms with van der Waals surface area (Å²) in [4.78, 5) is 23.6. The van der Waals surface area contributed by atoms with E-state index in [2.05, 4.69) is 22.2 Å². The van der Waals surface area contributed by atoms with Gasteiger partial charge < -0.3 is 10.2 Å². The molecule has 0 saturated carbocycles. The Kier molecular flexibility index (Phi) is 4.06. The Morgan fingerprint density at radius 3 is 2.62 bits per heavy atom. The Morgan fingerprint density at radius 1 is 1.12 bits per heavy atom. The highest BCUT2D eigenvalue weighted by molar-refractivity contribution is 5.59. The molecule has 1 N–H and O–H groups in total. The molecule has 2 aromatic heterocycles. The van der Waals surface area contributed by atoms with E-state index in [0.717, 1.165) is 31.6 Å². The molecule has 1 fully saturated rings. The first-order chi connectivity index (χ1) is 11.7. The number of pyridine rings is 1. The van der Waals surface area contributed by atoms with E-state index in [0.29, 0.717) is 23.6 Å². The highest BCUT2D eigenvalue weighted by Crippen LogP contribution is 2.28. The normalized spacial score (nSPS) is 22.0. The van der Waals surface area contributed by atoms with Crippen LogP contribution >= 0.6 is 0 Å². The van der Waals surface area contributed by atoms with Crippen molar-refractivity contribution in [3.63, 3.8) is 0 Å². The van der Waals surface area contributed by atoms with Crippen molar-refractivity contribution in [2.45, 2.75) is 31.8 Å². The van der Waals surface area contributed by atoms with Crippen LogP contribution in [0.5, 0.6) is 0 Å². The van der Waals surface area contributed by atoms with Crippen LogP contribution in [0.1, 0.15) is 19.3 Å². The zero-order chi connectivity index (χ0) is 16.5. The van der Waals surface area contributed by atoms with Crippen LogP contribution in [0, 0.1) is 5.92 Å². The van der Waals surface area contributed by atoms with E-state index in [4.69, 9.17) is 4.98 Å². The van der Waals surface area contributed by atoms with Crippen molar-refractivity contribution >= 4 is 5.95 Å². The van der Waals surface area contributed by atoms with Gasteiger partial charge in [-0.05, 0) is 57.5 Å². The average molecular weight is 325 g/mol. The molecule has 2 aliphatic rings. The number of anilines is 1. The van der Waals surface area contributed by atoms with Crippen molar-refractivity contribution in [3.05, 3.63) is 40.9 Å². The largest absolute Gasteiger partial charge is 0.352 e. The fraction of sp³-hybridized carbons (Fsp3) is 0.500. The van der Waals surface area contributed by atoms with Gasteiger partial charge in [-0.3, -0.25) is 14.3 Å². The lowest BCUT2D eigenvalue weighted by molar-refractivity contribution is 0.195. The molecule has 0 aromatic carbocycles. The first-order valence-corrected chi connectivity index (χ1v) is 8.68. The van der Waals surface area contributed by atoms with Gasteiger partial charge in [0.05, 0.1) is 5.69 Å². The fourth-order valence-corrected chi connectivity index (χ4v) is 3.79. The molecular formula is C18H23N5O. The van der Waals surface area contributed by atoms with Crippen LogP contribution < -0.4 is 10.9 Å². The Bertz CT molecular complexity index is 765. The van der Waals surface area contributed by atoms with E-state index in [1.165, 1.54) is 12.8 Å². The van der Waals surface area contributed by atoms with Crippen molar-refractivity contribution < 1.29 is 0 Å². The Hall–Kier alpha value is -2.21. The van der Waals surface area contributed by atoms with Gasteiger partial charge in [0, 0.05) is 36.6 Å². The van der Waals surface area contributed by atoms with Crippen LogP contribution in [0.2, 0.25) is 0 Å². The number of hydrogen-bond acceptors (Lipinski definition) is 5. The number of nitrogens with one attached hydrogen (secondary N) is 1. The lowest BCUT2D eigenvalue weighted by Crippen LogP contribution is -2.43. The summed E-state index contributed by atoms with van der Waals surface area (Å²) >= 11 is 0. The number of piperidine rings is 1. The number of fused-ring (bicyclic) bond motifs is 1. The van der Waals surface area contributed by atoms with Gasteiger partial charge >= 0.3 is 0 Å². The summed E-state index contributed by atoms with van der Waals surface area (Å²) < 4.78 is 1.76. The van der Waals surface area contributed by atoms with Crippen molar-refractivity contribution in [2.24, 2.45) is 5.92 Å². The van der Waals surface area contributed by atoms with Gasteiger partial charge in [0.15, 0.2) is 0 Å². The van der Waals surface area contributed by atoms with E-state index in [1.54, 1.807) is 23.0 Å². The van der Waals surface area contributed by atoms with Crippen molar-refractivity contribution in [3.8, 4) is 11.3 Å². The van der Waals surface area contributed by atoms with Crippen molar-refractivity contribution in [2.75, 3.05) is 25.5 Å². The molecule has 0 amide bonds. The van der Waals surface area contributed by atoms with Gasteiger partial charge in [0.25, 0.3) is 5.56 Å². The maximum atomic E-state index is 12.4. The van der Waals surface area contributed by atoms with E-state index < -0.39 is 0 Å². The predicted molar refractivity (Wildman–Crippen MR) is 94.0 cm³/mol. The second-order valence-electron chi connectivity index (χ2n) is 6.87. The Balaban J connectivity index is 1.60. The summed E-state index contributed by atoms with van der Waals surface area (Å²) in [6, 6.07) is 5.81. The molecule has 1 saturated heterocycles. The Morgan fingerprint density at radius 2 is 1.88 bits per heavy atom. The molecule has 126 valence electrons. The molecule has 4 heterocycles. The molecule has 0 bridgehead atoms. The number of hydrogen-bond donors (Lipinski definition) is 1. The minimum Gasteiger partial charge on any atom is -0.352 e. The lowest BCUT2D eigenvalue weighted by Gasteiger charge is -2.37. The number of rotatable bonds is 2. The first kappa shape index (κ1) is 15.3. The third-order valence-corrected chi connectivity index (χ3v) is 5.29. The first-order valence-electron chi connectivity index (χ1n) is 8.68. The summed E-state index contributed by atoms with van der Waals surface area (Å²) in [5.74, 6) is 1.38. The quantitative estimate of drug-likeness (QED) is 0.913. The molecule has 0 radical (unpaired) electrons. The highest BCUT2D eigenvalue weighted by atomic mass is 16.1. The molecule has 1 atom stereocenters. The molecule has 4 rings (SSSR count). The van der Waals surface area contributed by atoms with Crippen molar-refractivity contribution in [1.29, 1.82) is 0 Å². The third kappa shape index (κ3) is 2.94. The van der Waals surface area contributed by atoms with Gasteiger partial charge in [-0.15, -0.1) is 0 Å². The van der Waals surface area contributed by atoms with Gasteiger partial charge in [-0.25, -0.2) is 4.98 Å². The summed E-state index contributed by atoms with van der Waals surface area (Å²) in [5, 5.41) is 3.55. The molecule has 2 aromatic rings. The standard InChI is InChI=1S/C18H23N5O/c1-22-9-4-14(5-10-22)15-6-11-23-17(24)12-16(21-18(23)20-15)13-2-7-19-8-3-13/h2-3,7-8,12,14-15H,4-6,9-11H2,1H3,(H,20,21). The molecule has 0 aliphatic carbocycles. The predicted octanol–water partition coefficient (Wildman–Crippen LogP) is 1.83. The number of likely N-dealkylation sites (tertiary alicyclic amines) is 1. The maximum absolute atomic E-state index is 12.4. The van der Waals surface area contributed by atoms with Gasteiger partial charge in [0.1, 0.15) is 0 Å². The molecule has 0 spiro atoms. The van der Waals surface area contributed by atoms with E-state index in [9.17, 15) is 4.79 Å². The monoisotopic (exact) mass is 325 g/mol. The van der Waals surface area contributed by atoms with Crippen molar-refractivity contribution in [1.82, 2.24) is 19.4 Å². The van der Waals surface area contributed by atoms with Crippen LogP contribution in [0.15, 0.2) is 35.4 Å². The summed E-state index contributed by atoms with van der Waals surface area (Å²) in [6.45, 7) is 3.06. The summed E-state index contributed by atoms with van der Waals surface area (Å²) in [6.07, 6.45) is 6.87. The minimum atomic E-state index is 0.0149. The van der Waals surface area contributed by atoms with Crippen LogP contribution in [0.25, 0.3) is 11.3 Å². The molecule has 6 nitrogen and oxygen atoms in total. The lowest BCUT2D eigenvalue weighted by atomic mass is 9.87. The minimum absolute atomic E-state index is 0.0149. The maximum Gasteiger partial charge on any atom is 0.255 e. The topological polar surface area (TPSA) is 63.1 Å². The zero-order valence-electron chi connectivity index (χ0n) is 14.0. The zero-order valence-corrected chi connectivity index (χ0v) is 14.0. The smallest absolute Gasteiger partial charge is 0.255 e. The Labute approximate surface area is 141 Å². The van der Waals surface area contributed by atoms with Crippen LogP contribution in [-0.4, -0.2) is 45.6 Å². The van der Waals surface area contributed by atoms with E-state index in [1.807, 2.05) is 12.1 Å². The van der Waals surface area contributed by atoms with Crippen LogP contribution in [0.3, 0.4) is 0 Å². The van der Waals surface area contributed by atoms with Gasteiger partial charge in [0.2, 0.25) is 5.95 Å². The SMILES string of the molecule is CN1CCC(C2CCn3c(nc(-c4ccncc4)cc3=O)N2)CC1. The third-order valence-electron chi connectivity index (χ3n) is 5.29. The molecule has 6 heteroatoms. The molecule has 24 heavy (non-hydrogen) atoms. The fourth-order valence-electron chi connectivity index (χ4n) is 3.79. The second kappa shape index (κ2) is 6.36. The molecule has 1 unspecified atom stereocenters. The van der Waals surface area contributed by atoms with E-state index >= 15 is 0 Å². The average Bonchev–Trinajstić information content (AvgIpc) is 2.62. The molecular weight excluding hydrogens is 302 g/mol. The number of aromatic nitrogens is 3. The van der Waals surface area contributed by atoms with Gasteiger partial charge in [-0.2, -0.15) is 0 Å². The van der Waals surface area contributed by atoms with Crippen LogP contribution in [0.4, 0.5) is 5.95 Å². The summed E-state index contributed by atoms with van der Waals surface area (Å²) in [5.41, 5.74) is 1.65. The summed E-state index contributed by atoms with van der Waals surface area (Å²) in [7, 11) is 2.18. The molecule has 2 aliphatic heterocycles. The van der Waals surface area contributed by atoms with Crippen LogP contribution in [-0.2, 0) is 6.54 Å². The second-order valence-corrected chi connectivity index (χ2v) is 6.87. The van der Waals surface area contributed by atoms with E-state index in [-0.39, 0.29) is 5.56 Å². The number of nitrogens with zero attached hydrogens (tertiary/aromatic N) is 4. The van der Waals surface area contributed by atoms with Gasteiger partial charge in [-0.1, -0.05) is 0 Å².